The number of sulfonamides is 1. The predicted octanol–water partition coefficient (Wildman–Crippen LogP) is 1.94. The number of aliphatic hydroxyl groups is 1. The Labute approximate surface area is 128 Å². The molecule has 1 aromatic heterocycles. The van der Waals surface area contributed by atoms with Crippen molar-refractivity contribution in [2.24, 2.45) is 0 Å². The lowest BCUT2D eigenvalue weighted by molar-refractivity contribution is 0.0632. The lowest BCUT2D eigenvalue weighted by Crippen LogP contribution is -2.38. The van der Waals surface area contributed by atoms with Gasteiger partial charge in [-0.2, -0.15) is 11.3 Å². The van der Waals surface area contributed by atoms with Crippen LogP contribution in [0, 0.1) is 0 Å². The van der Waals surface area contributed by atoms with E-state index in [1.54, 1.807) is 30.5 Å². The lowest BCUT2D eigenvalue weighted by atomic mass is 10.0. The first-order chi connectivity index (χ1) is 9.85. The van der Waals surface area contributed by atoms with Gasteiger partial charge in [-0.15, -0.1) is 0 Å². The van der Waals surface area contributed by atoms with Crippen LogP contribution in [0.4, 0.5) is 0 Å². The van der Waals surface area contributed by atoms with Crippen molar-refractivity contribution < 1.29 is 18.3 Å². The van der Waals surface area contributed by atoms with E-state index >= 15 is 0 Å². The maximum absolute atomic E-state index is 12.2. The third-order valence-corrected chi connectivity index (χ3v) is 5.22. The van der Waals surface area contributed by atoms with Gasteiger partial charge in [-0.05, 0) is 53.6 Å². The topological polar surface area (TPSA) is 75.6 Å². The molecule has 0 saturated heterocycles. The Kier molecular flexibility index (Phi) is 4.67. The van der Waals surface area contributed by atoms with E-state index in [1.165, 1.54) is 30.6 Å². The van der Waals surface area contributed by atoms with E-state index in [2.05, 4.69) is 4.72 Å². The van der Waals surface area contributed by atoms with Gasteiger partial charge >= 0.3 is 0 Å². The zero-order chi connectivity index (χ0) is 15.5. The van der Waals surface area contributed by atoms with E-state index in [1.807, 2.05) is 5.38 Å². The Bertz CT molecular complexity index is 676. The Hall–Kier alpha value is -1.41. The number of benzene rings is 1. The number of nitrogens with one attached hydrogen (secondary N) is 1. The molecule has 1 atom stereocenters. The van der Waals surface area contributed by atoms with E-state index in [-0.39, 0.29) is 11.4 Å². The molecule has 0 saturated carbocycles. The molecule has 0 aliphatic heterocycles. The normalized spacial score (nSPS) is 14.6. The van der Waals surface area contributed by atoms with Crippen LogP contribution in [0.25, 0.3) is 0 Å². The molecule has 21 heavy (non-hydrogen) atoms. The molecule has 2 aromatic rings. The molecule has 2 N–H and O–H groups in total. The summed E-state index contributed by atoms with van der Waals surface area (Å²) < 4.78 is 31.8. The predicted molar refractivity (Wildman–Crippen MR) is 82.1 cm³/mol. The first kappa shape index (κ1) is 16.0. The van der Waals surface area contributed by atoms with Crippen LogP contribution >= 0.6 is 11.3 Å². The third kappa shape index (κ3) is 3.82. The van der Waals surface area contributed by atoms with E-state index in [9.17, 15) is 13.5 Å². The summed E-state index contributed by atoms with van der Waals surface area (Å²) in [7, 11) is -2.16. The molecule has 2 rings (SSSR count). The van der Waals surface area contributed by atoms with Crippen molar-refractivity contribution in [3.63, 3.8) is 0 Å². The smallest absolute Gasteiger partial charge is 0.240 e. The van der Waals surface area contributed by atoms with Crippen molar-refractivity contribution >= 4 is 21.4 Å². The summed E-state index contributed by atoms with van der Waals surface area (Å²) in [4.78, 5) is 0.129. The van der Waals surface area contributed by atoms with Crippen molar-refractivity contribution in [3.8, 4) is 5.75 Å². The number of thiophene rings is 1. The van der Waals surface area contributed by atoms with Gasteiger partial charge in [-0.25, -0.2) is 13.1 Å². The second-order valence-electron chi connectivity index (χ2n) is 4.79. The van der Waals surface area contributed by atoms with Crippen LogP contribution in [0.5, 0.6) is 5.75 Å². The highest BCUT2D eigenvalue weighted by atomic mass is 32.2. The molecule has 1 unspecified atom stereocenters. The molecule has 1 aromatic carbocycles. The number of ether oxygens (including phenoxy) is 1. The standard InChI is InChI=1S/C14H17NO4S2/c1-14(16,11-7-8-20-9-11)10-15-21(17,18)13-5-3-12(19-2)4-6-13/h3-9,15-16H,10H2,1-2H3. The maximum atomic E-state index is 12.2. The van der Waals surface area contributed by atoms with E-state index in [0.717, 1.165) is 0 Å². The van der Waals surface area contributed by atoms with Crippen LogP contribution in [0.2, 0.25) is 0 Å². The number of hydrogen-bond acceptors (Lipinski definition) is 5. The molecule has 0 aliphatic rings. The monoisotopic (exact) mass is 327 g/mol. The highest BCUT2D eigenvalue weighted by molar-refractivity contribution is 7.89. The molecule has 0 radical (unpaired) electrons. The largest absolute Gasteiger partial charge is 0.497 e. The molecule has 7 heteroatoms. The SMILES string of the molecule is COc1ccc(S(=O)(=O)NCC(C)(O)c2ccsc2)cc1. The van der Waals surface area contributed by atoms with Crippen LogP contribution in [-0.2, 0) is 15.6 Å². The first-order valence-electron chi connectivity index (χ1n) is 6.24. The Morgan fingerprint density at radius 1 is 1.29 bits per heavy atom. The Morgan fingerprint density at radius 3 is 2.48 bits per heavy atom. The fourth-order valence-electron chi connectivity index (χ4n) is 1.75. The third-order valence-electron chi connectivity index (χ3n) is 3.12. The number of methoxy groups -OCH3 is 1. The van der Waals surface area contributed by atoms with Gasteiger partial charge in [-0.3, -0.25) is 0 Å². The zero-order valence-corrected chi connectivity index (χ0v) is 13.4. The average molecular weight is 327 g/mol. The van der Waals surface area contributed by atoms with Crippen LogP contribution < -0.4 is 9.46 Å². The zero-order valence-electron chi connectivity index (χ0n) is 11.7. The van der Waals surface area contributed by atoms with E-state index in [0.29, 0.717) is 11.3 Å². The minimum Gasteiger partial charge on any atom is -0.497 e. The van der Waals surface area contributed by atoms with Crippen LogP contribution in [0.3, 0.4) is 0 Å². The molecule has 5 nitrogen and oxygen atoms in total. The first-order valence-corrected chi connectivity index (χ1v) is 8.66. The van der Waals surface area contributed by atoms with Gasteiger partial charge in [0.15, 0.2) is 0 Å². The van der Waals surface area contributed by atoms with Gasteiger partial charge in [0.05, 0.1) is 12.0 Å². The molecule has 0 fully saturated rings. The Morgan fingerprint density at radius 2 is 1.95 bits per heavy atom. The highest BCUT2D eigenvalue weighted by Crippen LogP contribution is 2.23. The van der Waals surface area contributed by atoms with Crippen LogP contribution in [0.1, 0.15) is 12.5 Å². The van der Waals surface area contributed by atoms with E-state index < -0.39 is 15.6 Å². The van der Waals surface area contributed by atoms with Crippen molar-refractivity contribution in [2.75, 3.05) is 13.7 Å². The number of hydrogen-bond donors (Lipinski definition) is 2. The number of rotatable bonds is 6. The highest BCUT2D eigenvalue weighted by Gasteiger charge is 2.26. The summed E-state index contributed by atoms with van der Waals surface area (Å²) in [5.74, 6) is 0.583. The summed E-state index contributed by atoms with van der Waals surface area (Å²) in [6.45, 7) is 1.48. The fourth-order valence-corrected chi connectivity index (χ4v) is 3.66. The van der Waals surface area contributed by atoms with Crippen molar-refractivity contribution in [1.82, 2.24) is 4.72 Å². The summed E-state index contributed by atoms with van der Waals surface area (Å²) in [5, 5.41) is 14.0. The van der Waals surface area contributed by atoms with Gasteiger partial charge < -0.3 is 9.84 Å². The minimum absolute atomic E-state index is 0.0991. The van der Waals surface area contributed by atoms with E-state index in [4.69, 9.17) is 4.74 Å². The van der Waals surface area contributed by atoms with Gasteiger partial charge in [0.25, 0.3) is 0 Å². The molecule has 0 bridgehead atoms. The summed E-state index contributed by atoms with van der Waals surface area (Å²) in [5.41, 5.74) is -0.565. The van der Waals surface area contributed by atoms with Crippen molar-refractivity contribution in [2.45, 2.75) is 17.4 Å². The van der Waals surface area contributed by atoms with Crippen molar-refractivity contribution in [1.29, 1.82) is 0 Å². The van der Waals surface area contributed by atoms with Gasteiger partial charge in [-0.1, -0.05) is 0 Å². The molecule has 1 heterocycles. The van der Waals surface area contributed by atoms with Crippen LogP contribution in [-0.4, -0.2) is 27.2 Å². The molecule has 0 spiro atoms. The molecular formula is C14H17NO4S2. The van der Waals surface area contributed by atoms with Crippen LogP contribution in [0.15, 0.2) is 46.0 Å². The summed E-state index contributed by atoms with van der Waals surface area (Å²) in [6.07, 6.45) is 0. The second kappa shape index (κ2) is 6.15. The second-order valence-corrected chi connectivity index (χ2v) is 7.33. The lowest BCUT2D eigenvalue weighted by Gasteiger charge is -2.22. The maximum Gasteiger partial charge on any atom is 0.240 e. The summed E-state index contributed by atoms with van der Waals surface area (Å²) in [6, 6.07) is 7.84. The van der Waals surface area contributed by atoms with Crippen molar-refractivity contribution in [3.05, 3.63) is 46.7 Å². The molecule has 0 aliphatic carbocycles. The minimum atomic E-state index is -3.67. The van der Waals surface area contributed by atoms with Gasteiger partial charge in [0.2, 0.25) is 10.0 Å². The molecule has 0 amide bonds. The molecular weight excluding hydrogens is 310 g/mol. The summed E-state index contributed by atoms with van der Waals surface area (Å²) >= 11 is 1.45. The Balaban J connectivity index is 2.10. The quantitative estimate of drug-likeness (QED) is 0.850. The fraction of sp³-hybridized carbons (Fsp3) is 0.286. The van der Waals surface area contributed by atoms with Gasteiger partial charge in [0.1, 0.15) is 11.4 Å². The van der Waals surface area contributed by atoms with Gasteiger partial charge in [0, 0.05) is 6.54 Å². The average Bonchev–Trinajstić information content (AvgIpc) is 3.01. The molecule has 114 valence electrons.